The molecule has 27 heavy (non-hydrogen) atoms. The quantitative estimate of drug-likeness (QED) is 0.339. The van der Waals surface area contributed by atoms with Crippen LogP contribution in [0.15, 0.2) is 35.4 Å². The fourth-order valence-corrected chi connectivity index (χ4v) is 3.11. The Kier molecular flexibility index (Phi) is 5.92. The predicted octanol–water partition coefficient (Wildman–Crippen LogP) is 2.00. The van der Waals surface area contributed by atoms with Crippen LogP contribution in [-0.4, -0.2) is 49.2 Å². The molecule has 0 amide bonds. The van der Waals surface area contributed by atoms with Gasteiger partial charge in [0.15, 0.2) is 6.29 Å². The van der Waals surface area contributed by atoms with Gasteiger partial charge in [0, 0.05) is 24.3 Å². The predicted molar refractivity (Wildman–Crippen MR) is 88.9 cm³/mol. The van der Waals surface area contributed by atoms with E-state index in [0.29, 0.717) is 0 Å². The first-order valence-corrected chi connectivity index (χ1v) is 8.35. The molecular formula is C17H19N3O7. The molecule has 0 aromatic heterocycles. The molecule has 144 valence electrons. The molecule has 0 spiro atoms. The molecule has 2 saturated heterocycles. The summed E-state index contributed by atoms with van der Waals surface area (Å²) < 4.78 is 27.9. The third kappa shape index (κ3) is 4.37. The largest absolute Gasteiger partial charge is 0.459 e. The molecule has 2 aliphatic heterocycles. The lowest BCUT2D eigenvalue weighted by Crippen LogP contribution is -2.62. The van der Waals surface area contributed by atoms with E-state index >= 15 is 0 Å². The summed E-state index contributed by atoms with van der Waals surface area (Å²) in [6.45, 7) is 2.54. The van der Waals surface area contributed by atoms with E-state index in [-0.39, 0.29) is 6.61 Å². The van der Waals surface area contributed by atoms with Gasteiger partial charge in [-0.3, -0.25) is 9.59 Å². The highest BCUT2D eigenvalue weighted by molar-refractivity contribution is 5.67. The number of hydrogen-bond donors (Lipinski definition) is 0. The van der Waals surface area contributed by atoms with Crippen LogP contribution in [0.2, 0.25) is 0 Å². The molecule has 0 bridgehead atoms. The molecule has 2 fully saturated rings. The number of hydrogen-bond acceptors (Lipinski definition) is 8. The second-order valence-electron chi connectivity index (χ2n) is 6.10. The molecule has 3 rings (SSSR count). The SMILES string of the molecule is CC(=O)O[C@@H]1O[C@@H]2CO[C@@H](c3ccccc3)O[C@H]2[C@H](OC(C)=O)[C@H]1N=[N+]=[N-]. The second kappa shape index (κ2) is 8.36. The van der Waals surface area contributed by atoms with Crippen molar-refractivity contribution in [3.8, 4) is 0 Å². The maximum Gasteiger partial charge on any atom is 0.304 e. The van der Waals surface area contributed by atoms with Crippen molar-refractivity contribution >= 4 is 11.9 Å². The highest BCUT2D eigenvalue weighted by Crippen LogP contribution is 2.36. The lowest BCUT2D eigenvalue weighted by Gasteiger charge is -2.47. The van der Waals surface area contributed by atoms with E-state index < -0.39 is 48.9 Å². The molecule has 0 unspecified atom stereocenters. The molecule has 2 heterocycles. The van der Waals surface area contributed by atoms with Crippen molar-refractivity contribution in [1.29, 1.82) is 0 Å². The first kappa shape index (κ1) is 19.1. The van der Waals surface area contributed by atoms with Crippen LogP contribution in [0.25, 0.3) is 10.4 Å². The molecule has 10 heteroatoms. The summed E-state index contributed by atoms with van der Waals surface area (Å²) in [4.78, 5) is 25.8. The smallest absolute Gasteiger partial charge is 0.304 e. The summed E-state index contributed by atoms with van der Waals surface area (Å²) in [6, 6.07) is 8.12. The Balaban J connectivity index is 1.89. The standard InChI is InChI=1S/C17H19N3O7/c1-9(21)24-15-13(19-20-18)17(25-10(2)22)26-12-8-23-16(27-14(12)15)11-6-4-3-5-7-11/h3-7,12-17H,8H2,1-2H3/t12-,13-,14-,15-,16-,17-/m1/s1. The zero-order valence-corrected chi connectivity index (χ0v) is 14.8. The van der Waals surface area contributed by atoms with Crippen molar-refractivity contribution in [1.82, 2.24) is 0 Å². The molecule has 6 atom stereocenters. The van der Waals surface area contributed by atoms with Crippen molar-refractivity contribution < 1.29 is 33.3 Å². The van der Waals surface area contributed by atoms with E-state index in [4.69, 9.17) is 29.2 Å². The number of benzene rings is 1. The highest BCUT2D eigenvalue weighted by atomic mass is 16.8. The van der Waals surface area contributed by atoms with E-state index in [1.807, 2.05) is 30.3 Å². The Morgan fingerprint density at radius 2 is 1.85 bits per heavy atom. The first-order chi connectivity index (χ1) is 13.0. The minimum atomic E-state index is -1.22. The molecule has 0 saturated carbocycles. The molecule has 2 aliphatic rings. The number of carbonyl (C=O) groups is 2. The van der Waals surface area contributed by atoms with Gasteiger partial charge in [-0.15, -0.1) is 0 Å². The number of carbonyl (C=O) groups excluding carboxylic acids is 2. The maximum absolute atomic E-state index is 11.6. The van der Waals surface area contributed by atoms with Crippen LogP contribution in [0.4, 0.5) is 0 Å². The number of ether oxygens (including phenoxy) is 5. The van der Waals surface area contributed by atoms with Crippen LogP contribution in [0.3, 0.4) is 0 Å². The lowest BCUT2D eigenvalue weighted by atomic mass is 9.96. The van der Waals surface area contributed by atoms with Crippen LogP contribution in [0.1, 0.15) is 25.7 Å². The van der Waals surface area contributed by atoms with Gasteiger partial charge >= 0.3 is 11.9 Å². The summed E-state index contributed by atoms with van der Waals surface area (Å²) >= 11 is 0. The zero-order chi connectivity index (χ0) is 19.4. The van der Waals surface area contributed by atoms with Gasteiger partial charge in [-0.25, -0.2) is 0 Å². The van der Waals surface area contributed by atoms with E-state index in [1.165, 1.54) is 13.8 Å². The molecule has 0 N–H and O–H groups in total. The van der Waals surface area contributed by atoms with Crippen molar-refractivity contribution in [2.45, 2.75) is 50.8 Å². The monoisotopic (exact) mass is 377 g/mol. The average molecular weight is 377 g/mol. The molecule has 1 aromatic carbocycles. The van der Waals surface area contributed by atoms with Gasteiger partial charge in [-0.2, -0.15) is 0 Å². The molecule has 1 aromatic rings. The van der Waals surface area contributed by atoms with Gasteiger partial charge in [0.25, 0.3) is 0 Å². The molecule has 0 aliphatic carbocycles. The van der Waals surface area contributed by atoms with Crippen molar-refractivity contribution in [2.24, 2.45) is 5.11 Å². The Hall–Kier alpha value is -2.65. The third-order valence-electron chi connectivity index (χ3n) is 4.15. The van der Waals surface area contributed by atoms with Gasteiger partial charge in [0.1, 0.15) is 24.4 Å². The van der Waals surface area contributed by atoms with E-state index in [1.54, 1.807) is 0 Å². The van der Waals surface area contributed by atoms with Gasteiger partial charge in [-0.1, -0.05) is 35.4 Å². The normalized spacial score (nSPS) is 32.5. The molecular weight excluding hydrogens is 358 g/mol. The van der Waals surface area contributed by atoms with E-state index in [2.05, 4.69) is 10.0 Å². The number of azide groups is 1. The van der Waals surface area contributed by atoms with Gasteiger partial charge in [0.2, 0.25) is 6.29 Å². The van der Waals surface area contributed by atoms with Crippen LogP contribution in [0, 0.1) is 0 Å². The van der Waals surface area contributed by atoms with Gasteiger partial charge < -0.3 is 23.7 Å². The highest BCUT2D eigenvalue weighted by Gasteiger charge is 2.52. The summed E-state index contributed by atoms with van der Waals surface area (Å²) in [6.07, 6.45) is -4.37. The van der Waals surface area contributed by atoms with Crippen molar-refractivity contribution in [2.75, 3.05) is 6.61 Å². The number of rotatable bonds is 4. The Morgan fingerprint density at radius 1 is 1.15 bits per heavy atom. The second-order valence-corrected chi connectivity index (χ2v) is 6.10. The topological polar surface area (TPSA) is 129 Å². The fourth-order valence-electron chi connectivity index (χ4n) is 3.11. The Morgan fingerprint density at radius 3 is 2.48 bits per heavy atom. The Labute approximate surface area is 154 Å². The fraction of sp³-hybridized carbons (Fsp3) is 0.529. The molecule has 10 nitrogen and oxygen atoms in total. The van der Waals surface area contributed by atoms with Crippen LogP contribution in [0.5, 0.6) is 0 Å². The van der Waals surface area contributed by atoms with Crippen LogP contribution >= 0.6 is 0 Å². The van der Waals surface area contributed by atoms with Crippen molar-refractivity contribution in [3.63, 3.8) is 0 Å². The van der Waals surface area contributed by atoms with Gasteiger partial charge in [0.05, 0.1) is 6.61 Å². The average Bonchev–Trinajstić information content (AvgIpc) is 2.64. The molecule has 0 radical (unpaired) electrons. The van der Waals surface area contributed by atoms with Gasteiger partial charge in [-0.05, 0) is 5.53 Å². The third-order valence-corrected chi connectivity index (χ3v) is 4.15. The first-order valence-electron chi connectivity index (χ1n) is 8.35. The van der Waals surface area contributed by atoms with Crippen molar-refractivity contribution in [3.05, 3.63) is 46.3 Å². The number of fused-ring (bicyclic) bond motifs is 1. The lowest BCUT2D eigenvalue weighted by molar-refractivity contribution is -0.337. The number of esters is 2. The maximum atomic E-state index is 11.6. The summed E-state index contributed by atoms with van der Waals surface area (Å²) in [5.41, 5.74) is 9.68. The zero-order valence-electron chi connectivity index (χ0n) is 14.8. The van der Waals surface area contributed by atoms with E-state index in [0.717, 1.165) is 5.56 Å². The van der Waals surface area contributed by atoms with Crippen LogP contribution in [-0.2, 0) is 33.3 Å². The van der Waals surface area contributed by atoms with E-state index in [9.17, 15) is 9.59 Å². The number of nitrogens with zero attached hydrogens (tertiary/aromatic N) is 3. The summed E-state index contributed by atoms with van der Waals surface area (Å²) in [5, 5.41) is 3.62. The summed E-state index contributed by atoms with van der Waals surface area (Å²) in [5.74, 6) is -1.22. The minimum absolute atomic E-state index is 0.114. The Bertz CT molecular complexity index is 737. The van der Waals surface area contributed by atoms with Crippen LogP contribution < -0.4 is 0 Å². The summed E-state index contributed by atoms with van der Waals surface area (Å²) in [7, 11) is 0. The minimum Gasteiger partial charge on any atom is -0.459 e.